The fraction of sp³-hybridized carbons (Fsp3) is 0.263. The third-order valence-electron chi connectivity index (χ3n) is 4.19. The van der Waals surface area contributed by atoms with E-state index in [9.17, 15) is 4.79 Å². The molecule has 0 aliphatic rings. The van der Waals surface area contributed by atoms with Gasteiger partial charge in [-0.15, -0.1) is 0 Å². The molecular formula is C19H21N3O3. The molecule has 1 heterocycles. The van der Waals surface area contributed by atoms with Gasteiger partial charge in [0.1, 0.15) is 24.2 Å². The van der Waals surface area contributed by atoms with E-state index in [0.717, 1.165) is 22.4 Å². The summed E-state index contributed by atoms with van der Waals surface area (Å²) in [6.07, 6.45) is 0.291. The highest BCUT2D eigenvalue weighted by atomic mass is 16.5. The van der Waals surface area contributed by atoms with Crippen LogP contribution in [0.4, 0.5) is 0 Å². The van der Waals surface area contributed by atoms with Crippen molar-refractivity contribution < 1.29 is 14.6 Å². The van der Waals surface area contributed by atoms with E-state index in [4.69, 9.17) is 15.6 Å². The quantitative estimate of drug-likeness (QED) is 0.720. The summed E-state index contributed by atoms with van der Waals surface area (Å²) in [5.74, 6) is 0.547. The highest BCUT2D eigenvalue weighted by Crippen LogP contribution is 2.19. The maximum Gasteiger partial charge on any atom is 0.320 e. The third kappa shape index (κ3) is 3.80. The number of aromatic nitrogens is 2. The minimum Gasteiger partial charge on any atom is -0.486 e. The maximum atomic E-state index is 10.8. The number of fused-ring (bicyclic) bond motifs is 1. The number of ether oxygens (including phenoxy) is 1. The van der Waals surface area contributed by atoms with E-state index < -0.39 is 12.0 Å². The van der Waals surface area contributed by atoms with Crippen molar-refractivity contribution in [1.29, 1.82) is 0 Å². The topological polar surface area (TPSA) is 90.4 Å². The van der Waals surface area contributed by atoms with Crippen LogP contribution in [0.25, 0.3) is 11.0 Å². The van der Waals surface area contributed by atoms with Crippen LogP contribution in [0.5, 0.6) is 5.75 Å². The molecule has 2 aromatic carbocycles. The Bertz CT molecular complexity index is 900. The van der Waals surface area contributed by atoms with Crippen molar-refractivity contribution in [3.05, 3.63) is 59.4 Å². The molecule has 0 bridgehead atoms. The number of nitrogens with zero attached hydrogens (tertiary/aromatic N) is 2. The van der Waals surface area contributed by atoms with Crippen molar-refractivity contribution in [3.63, 3.8) is 0 Å². The van der Waals surface area contributed by atoms with Gasteiger partial charge in [0.25, 0.3) is 0 Å². The molecule has 1 atom stereocenters. The molecule has 0 radical (unpaired) electrons. The summed E-state index contributed by atoms with van der Waals surface area (Å²) in [5.41, 5.74) is 9.63. The Balaban J connectivity index is 1.67. The van der Waals surface area contributed by atoms with Crippen molar-refractivity contribution in [3.8, 4) is 5.75 Å². The first-order chi connectivity index (χ1) is 11.9. The summed E-state index contributed by atoms with van der Waals surface area (Å²) < 4.78 is 7.84. The molecule has 0 aliphatic heterocycles. The van der Waals surface area contributed by atoms with Crippen LogP contribution < -0.4 is 10.5 Å². The number of hydrogen-bond donors (Lipinski definition) is 2. The summed E-state index contributed by atoms with van der Waals surface area (Å²) in [5, 5.41) is 8.85. The smallest absolute Gasteiger partial charge is 0.320 e. The second-order valence-electron chi connectivity index (χ2n) is 6.16. The van der Waals surface area contributed by atoms with Gasteiger partial charge in [0.15, 0.2) is 0 Å². The van der Waals surface area contributed by atoms with E-state index in [1.807, 2.05) is 48.0 Å². The third-order valence-corrected chi connectivity index (χ3v) is 4.19. The van der Waals surface area contributed by atoms with E-state index >= 15 is 0 Å². The molecule has 1 unspecified atom stereocenters. The summed E-state index contributed by atoms with van der Waals surface area (Å²) in [7, 11) is 1.98. The van der Waals surface area contributed by atoms with E-state index in [2.05, 4.69) is 18.0 Å². The van der Waals surface area contributed by atoms with Crippen LogP contribution in [-0.2, 0) is 24.9 Å². The Morgan fingerprint density at radius 3 is 2.68 bits per heavy atom. The van der Waals surface area contributed by atoms with Gasteiger partial charge in [-0.1, -0.05) is 18.2 Å². The summed E-state index contributed by atoms with van der Waals surface area (Å²) in [6.45, 7) is 2.42. The van der Waals surface area contributed by atoms with Crippen LogP contribution in [0, 0.1) is 6.92 Å². The lowest BCUT2D eigenvalue weighted by Crippen LogP contribution is -2.32. The lowest BCUT2D eigenvalue weighted by molar-refractivity contribution is -0.138. The lowest BCUT2D eigenvalue weighted by Gasteiger charge is -2.09. The molecule has 0 amide bonds. The van der Waals surface area contributed by atoms with Gasteiger partial charge in [-0.3, -0.25) is 4.79 Å². The van der Waals surface area contributed by atoms with Gasteiger partial charge < -0.3 is 20.1 Å². The number of carboxylic acids is 1. The van der Waals surface area contributed by atoms with Crippen molar-refractivity contribution in [2.24, 2.45) is 12.8 Å². The van der Waals surface area contributed by atoms with Gasteiger partial charge in [-0.05, 0) is 48.7 Å². The summed E-state index contributed by atoms with van der Waals surface area (Å²) in [4.78, 5) is 15.4. The predicted octanol–water partition coefficient (Wildman–Crippen LogP) is 2.42. The van der Waals surface area contributed by atoms with Crippen molar-refractivity contribution in [2.75, 3.05) is 0 Å². The Hall–Kier alpha value is -2.86. The lowest BCUT2D eigenvalue weighted by atomic mass is 10.1. The summed E-state index contributed by atoms with van der Waals surface area (Å²) in [6, 6.07) is 12.6. The largest absolute Gasteiger partial charge is 0.486 e. The highest BCUT2D eigenvalue weighted by molar-refractivity contribution is 5.76. The zero-order valence-corrected chi connectivity index (χ0v) is 14.3. The average Bonchev–Trinajstić information content (AvgIpc) is 2.90. The monoisotopic (exact) mass is 339 g/mol. The number of nitrogens with two attached hydrogens (primary N) is 1. The molecular weight excluding hydrogens is 318 g/mol. The van der Waals surface area contributed by atoms with Gasteiger partial charge in [0, 0.05) is 7.05 Å². The van der Waals surface area contributed by atoms with Crippen molar-refractivity contribution in [1.82, 2.24) is 9.55 Å². The van der Waals surface area contributed by atoms with Crippen molar-refractivity contribution in [2.45, 2.75) is 26.0 Å². The molecule has 0 saturated carbocycles. The fourth-order valence-corrected chi connectivity index (χ4v) is 2.69. The SMILES string of the molecule is Cc1ccc2nc(COc3ccc(CC(N)C(=O)O)cc3)n(C)c2c1. The van der Waals surface area contributed by atoms with E-state index in [-0.39, 0.29) is 0 Å². The van der Waals surface area contributed by atoms with Gasteiger partial charge in [0.2, 0.25) is 0 Å². The van der Waals surface area contributed by atoms with Crippen LogP contribution in [0.3, 0.4) is 0 Å². The molecule has 25 heavy (non-hydrogen) atoms. The molecule has 6 nitrogen and oxygen atoms in total. The fourth-order valence-electron chi connectivity index (χ4n) is 2.69. The normalized spacial score (nSPS) is 12.3. The van der Waals surface area contributed by atoms with E-state index in [0.29, 0.717) is 18.8 Å². The van der Waals surface area contributed by atoms with Crippen LogP contribution >= 0.6 is 0 Å². The second kappa shape index (κ2) is 6.94. The minimum absolute atomic E-state index is 0.291. The van der Waals surface area contributed by atoms with Crippen LogP contribution in [0.1, 0.15) is 17.0 Å². The molecule has 3 N–H and O–H groups in total. The molecule has 3 rings (SSSR count). The molecule has 3 aromatic rings. The minimum atomic E-state index is -1.00. The maximum absolute atomic E-state index is 10.8. The Labute approximate surface area is 145 Å². The van der Waals surface area contributed by atoms with Gasteiger partial charge in [-0.2, -0.15) is 0 Å². The van der Waals surface area contributed by atoms with Gasteiger partial charge in [-0.25, -0.2) is 4.98 Å². The first-order valence-electron chi connectivity index (χ1n) is 8.06. The predicted molar refractivity (Wildman–Crippen MR) is 95.5 cm³/mol. The Kier molecular flexibility index (Phi) is 4.72. The number of carbonyl (C=O) groups is 1. The van der Waals surface area contributed by atoms with Crippen molar-refractivity contribution >= 4 is 17.0 Å². The van der Waals surface area contributed by atoms with Gasteiger partial charge in [0.05, 0.1) is 11.0 Å². The number of aryl methyl sites for hydroxylation is 2. The highest BCUT2D eigenvalue weighted by Gasteiger charge is 2.12. The first-order valence-corrected chi connectivity index (χ1v) is 8.06. The zero-order chi connectivity index (χ0) is 18.0. The number of hydrogen-bond acceptors (Lipinski definition) is 4. The average molecular weight is 339 g/mol. The van der Waals surface area contributed by atoms with E-state index in [1.165, 1.54) is 5.56 Å². The number of rotatable bonds is 6. The molecule has 0 aliphatic carbocycles. The first kappa shape index (κ1) is 17.0. The molecule has 0 spiro atoms. The molecule has 0 saturated heterocycles. The van der Waals surface area contributed by atoms with Crippen LogP contribution in [0.2, 0.25) is 0 Å². The zero-order valence-electron chi connectivity index (χ0n) is 14.3. The van der Waals surface area contributed by atoms with E-state index in [1.54, 1.807) is 0 Å². The molecule has 130 valence electrons. The Morgan fingerprint density at radius 2 is 2.00 bits per heavy atom. The molecule has 1 aromatic heterocycles. The second-order valence-corrected chi connectivity index (χ2v) is 6.16. The van der Waals surface area contributed by atoms with Crippen LogP contribution in [-0.4, -0.2) is 26.7 Å². The number of aliphatic carboxylic acids is 1. The molecule has 0 fully saturated rings. The number of benzene rings is 2. The Morgan fingerprint density at radius 1 is 1.28 bits per heavy atom. The standard InChI is InChI=1S/C19H21N3O3/c1-12-3-8-16-17(9-12)22(2)18(21-16)11-25-14-6-4-13(5-7-14)10-15(20)19(23)24/h3-9,15H,10-11,20H2,1-2H3,(H,23,24). The van der Waals surface area contributed by atoms with Crippen LogP contribution in [0.15, 0.2) is 42.5 Å². The number of carboxylic acid groups (broad SMARTS) is 1. The number of imidazole rings is 1. The molecule has 6 heteroatoms. The van der Waals surface area contributed by atoms with Gasteiger partial charge >= 0.3 is 5.97 Å². The summed E-state index contributed by atoms with van der Waals surface area (Å²) >= 11 is 0.